The number of nitrogens with one attached hydrogen (secondary N) is 3. The molecule has 3 aliphatic rings. The molecule has 3 aliphatic heterocycles. The van der Waals surface area contributed by atoms with Gasteiger partial charge in [-0.25, -0.2) is 14.0 Å². The Hall–Kier alpha value is -6.23. The molecule has 0 atom stereocenters. The minimum absolute atomic E-state index is 0. The summed E-state index contributed by atoms with van der Waals surface area (Å²) in [6.45, 7) is -1.23. The number of carboxylic acids is 9. The molecule has 4 aromatic rings. The fourth-order valence-electron chi connectivity index (χ4n) is 12.8. The Morgan fingerprint density at radius 1 is 0.246 bits per heavy atom. The minimum Gasteiger partial charge on any atom is -0.549 e. The maximum atomic E-state index is 13.6. The molecule has 114 heavy (non-hydrogen) atoms. The van der Waals surface area contributed by atoms with Crippen molar-refractivity contribution >= 4 is 71.4 Å². The van der Waals surface area contributed by atoms with Gasteiger partial charge in [-0.2, -0.15) is 0 Å². The van der Waals surface area contributed by atoms with E-state index in [1.807, 2.05) is 18.2 Å². The van der Waals surface area contributed by atoms with E-state index in [2.05, 4.69) is 46.9 Å². The number of aromatic nitrogens is 9. The number of rotatable bonds is 36. The zero-order valence-electron chi connectivity index (χ0n) is 62.7. The Labute approximate surface area is 752 Å². The van der Waals surface area contributed by atoms with Crippen molar-refractivity contribution in [1.82, 2.24) is 120 Å². The third kappa shape index (κ3) is 41.3. The van der Waals surface area contributed by atoms with Gasteiger partial charge in [-0.1, -0.05) is 33.8 Å². The van der Waals surface area contributed by atoms with Crippen LogP contribution in [0, 0.1) is 120 Å². The third-order valence-electron chi connectivity index (χ3n) is 18.4. The van der Waals surface area contributed by atoms with Crippen LogP contribution in [0.5, 0.6) is 0 Å². The van der Waals surface area contributed by atoms with Gasteiger partial charge in [-0.05, 0) is 16.7 Å². The van der Waals surface area contributed by atoms with Crippen molar-refractivity contribution < 1.29 is 223 Å². The van der Waals surface area contributed by atoms with Crippen LogP contribution in [0.1, 0.15) is 33.8 Å². The van der Waals surface area contributed by atoms with Crippen LogP contribution in [-0.2, 0) is 96.8 Å². The summed E-state index contributed by atoms with van der Waals surface area (Å²) >= 11 is 0. The van der Waals surface area contributed by atoms with Crippen LogP contribution in [0.25, 0.3) is 0 Å². The van der Waals surface area contributed by atoms with Crippen LogP contribution in [0.3, 0.4) is 0 Å². The maximum absolute atomic E-state index is 13.6. The van der Waals surface area contributed by atoms with Crippen molar-refractivity contribution in [3.63, 3.8) is 0 Å². The Morgan fingerprint density at radius 2 is 0.386 bits per heavy atom. The molecule has 0 unspecified atom stereocenters. The first kappa shape index (κ1) is 100. The van der Waals surface area contributed by atoms with E-state index in [-0.39, 0.29) is 336 Å². The monoisotopic (exact) mass is 2030 g/mol. The van der Waals surface area contributed by atoms with Gasteiger partial charge in [0, 0.05) is 216 Å². The predicted molar refractivity (Wildman–Crippen MR) is 362 cm³/mol. The fourth-order valence-corrected chi connectivity index (χ4v) is 12.8. The zero-order valence-corrected chi connectivity index (χ0v) is 69.5. The van der Waals surface area contributed by atoms with Crippen molar-refractivity contribution in [3.05, 3.63) is 70.6 Å². The van der Waals surface area contributed by atoms with Gasteiger partial charge in [0.15, 0.2) is 0 Å². The summed E-state index contributed by atoms with van der Waals surface area (Å²) in [6, 6.07) is 5.66. The molecule has 6 heterocycles. The Kier molecular flexibility index (Phi) is 46.8. The largest absolute Gasteiger partial charge is 3.00 e. The molecule has 3 radical (unpaired) electrons. The number of benzene rings is 1. The molecule has 45 nitrogen and oxygen atoms in total. The summed E-state index contributed by atoms with van der Waals surface area (Å²) in [5, 5.41) is 139. The topological polar surface area (TPSA) is 579 Å². The van der Waals surface area contributed by atoms with Gasteiger partial charge >= 0.3 is 120 Å². The Balaban J connectivity index is 0.00000913. The normalized spacial score (nSPS) is 17.4. The van der Waals surface area contributed by atoms with Gasteiger partial charge in [-0.3, -0.25) is 73.2 Å². The van der Waals surface area contributed by atoms with Crippen LogP contribution in [0.4, 0.5) is 0 Å². The van der Waals surface area contributed by atoms with Crippen LogP contribution < -0.4 is 61.9 Å². The summed E-state index contributed by atoms with van der Waals surface area (Å²) in [4.78, 5) is 165. The van der Waals surface area contributed by atoms with Gasteiger partial charge in [0.1, 0.15) is 17.1 Å². The third-order valence-corrected chi connectivity index (χ3v) is 18.4. The summed E-state index contributed by atoms with van der Waals surface area (Å²) < 4.78 is 4.63. The molecule has 3 saturated heterocycles. The van der Waals surface area contributed by atoms with Crippen LogP contribution in [-0.4, -0.2) is 411 Å². The Bertz CT molecular complexity index is 3290. The van der Waals surface area contributed by atoms with Crippen molar-refractivity contribution in [1.29, 1.82) is 0 Å². The molecular weight excluding hydrogens is 1940 g/mol. The molecule has 1 aromatic carbocycles. The molecule has 0 saturated carbocycles. The van der Waals surface area contributed by atoms with Gasteiger partial charge in [0.2, 0.25) is 17.7 Å². The number of carboxylic acid groups (broad SMARTS) is 9. The molecule has 7 rings (SSSR count). The number of carbonyl (C=O) groups is 12. The molecule has 0 spiro atoms. The molecule has 48 heteroatoms. The molecule has 3 N–H and O–H groups in total. The van der Waals surface area contributed by atoms with Crippen LogP contribution >= 0.6 is 0 Å². The number of carbonyl (C=O) groups excluding carboxylic acids is 12. The first-order chi connectivity index (χ1) is 53.0. The SMILES string of the molecule is O=C([O-])CN1CCN(CC(=O)[O-])CCN(CC(=O)NCc2cn(Cc3cc(Cn4cc(CNC(=O)CN5CCN(CC(=O)[O-])CCN(CC(=O)[O-])CCN(CC(=O)[O-])CC5)nn4)cc(Cn4cc(CNC(=O)CN5CCN(CC(=O)[O-])CCN(CC(=O)[O-])CCN(CC(=O)[O-])CC5)nn4)c3)nn2)CCN(CC(=O)[O-])CC1.[Gd+3].[Gd+3].[Gd+3]. The second kappa shape index (κ2) is 53.3. The van der Waals surface area contributed by atoms with E-state index >= 15 is 0 Å². The van der Waals surface area contributed by atoms with E-state index in [1.165, 1.54) is 14.7 Å². The quantitative estimate of drug-likeness (QED) is 0.0381. The van der Waals surface area contributed by atoms with E-state index in [9.17, 15) is 103 Å². The molecule has 3 amide bonds. The molecule has 3 aromatic heterocycles. The molecule has 627 valence electrons. The molecule has 0 aliphatic carbocycles. The van der Waals surface area contributed by atoms with E-state index in [0.717, 1.165) is 0 Å². The second-order valence-corrected chi connectivity index (χ2v) is 27.4. The smallest absolute Gasteiger partial charge is 0.549 e. The van der Waals surface area contributed by atoms with Crippen LogP contribution in [0.2, 0.25) is 0 Å². The van der Waals surface area contributed by atoms with Gasteiger partial charge in [-0.15, -0.1) is 15.3 Å². The van der Waals surface area contributed by atoms with Gasteiger partial charge < -0.3 is 105 Å². The summed E-state index contributed by atoms with van der Waals surface area (Å²) in [6.07, 6.45) is 4.88. The zero-order chi connectivity index (χ0) is 80.4. The maximum Gasteiger partial charge on any atom is 3.00 e. The molecule has 3 fully saturated rings. The van der Waals surface area contributed by atoms with E-state index in [4.69, 9.17) is 0 Å². The number of hydrogen-bond acceptors (Lipinski definition) is 39. The van der Waals surface area contributed by atoms with Crippen molar-refractivity contribution in [2.45, 2.75) is 39.3 Å². The second-order valence-electron chi connectivity index (χ2n) is 27.4. The average Bonchev–Trinajstić information content (AvgIpc) is 1.61. The summed E-state index contributed by atoms with van der Waals surface area (Å²) in [5.74, 6) is -13.6. The Morgan fingerprint density at radius 3 is 0.526 bits per heavy atom. The molecule has 0 bridgehead atoms. The van der Waals surface area contributed by atoms with E-state index in [1.54, 1.807) is 76.7 Å². The van der Waals surface area contributed by atoms with E-state index < -0.39 is 130 Å². The summed E-state index contributed by atoms with van der Waals surface area (Å²) in [5.41, 5.74) is 3.23. The van der Waals surface area contributed by atoms with Crippen molar-refractivity contribution in [3.8, 4) is 0 Å². The number of aliphatic carboxylic acids is 9. The fraction of sp³-hybridized carbons (Fsp3) is 0.636. The summed E-state index contributed by atoms with van der Waals surface area (Å²) in [7, 11) is 0. The van der Waals surface area contributed by atoms with Crippen LogP contribution in [0.15, 0.2) is 36.8 Å². The first-order valence-corrected chi connectivity index (χ1v) is 36.0. The van der Waals surface area contributed by atoms with E-state index in [0.29, 0.717) is 33.8 Å². The van der Waals surface area contributed by atoms with Crippen molar-refractivity contribution in [2.75, 3.05) is 236 Å². The first-order valence-electron chi connectivity index (χ1n) is 36.0. The minimum atomic E-state index is -1.36. The van der Waals surface area contributed by atoms with Crippen molar-refractivity contribution in [2.24, 2.45) is 0 Å². The average molecular weight is 2030 g/mol. The van der Waals surface area contributed by atoms with Gasteiger partial charge in [0.25, 0.3) is 0 Å². The van der Waals surface area contributed by atoms with Gasteiger partial charge in [0.05, 0.1) is 131 Å². The number of amides is 3. The molecular formula is C66H93Gd3N24O21. The number of nitrogens with zero attached hydrogens (tertiary/aromatic N) is 21. The number of hydrogen-bond donors (Lipinski definition) is 3. The standard InChI is InChI=1S/C66H102N24O21.3Gd/c91-55(37-76-1-7-79(40-58(94)95)13-19-85(46-64(106)107)20-14-80(8-2-76)41-59(96)97)67-28-52-34-88(73-70-52)31-49-25-50(32-89-35-53(71-74-89)29-68-56(92)38-77-3-9-81(42-60(98)99)15-21-86(47-65(108)109)22-16-82(10-4-77)43-61(100)101)27-51(26-49)33-90-36-54(72-75-90)30-69-57(93)39-78-5-11-83(44-62(102)103)17-23-87(48-66(110)111)24-18-84(12-6-78)45-63(104)105;;;/h25-27,34-36H,1-24,28-33,37-48H2,(H,67,91)(H,68,92)(H,69,93)(H,94,95)(H,96,97)(H,98,99)(H,100,101)(H,102,103)(H,104,105)(H,106,107)(H,108,109)(H,110,111);;;/q;3*+3/p-9. The predicted octanol–water partition coefficient (Wildman–Crippen LogP) is -20.1.